The Morgan fingerprint density at radius 3 is 2.38 bits per heavy atom. The molecule has 3 aliphatic rings. The molecule has 0 aromatic heterocycles. The van der Waals surface area contributed by atoms with E-state index in [4.69, 9.17) is 4.74 Å². The van der Waals surface area contributed by atoms with Gasteiger partial charge in [-0.05, 0) is 28.8 Å². The van der Waals surface area contributed by atoms with E-state index in [2.05, 4.69) is 10.6 Å². The van der Waals surface area contributed by atoms with E-state index in [9.17, 15) is 14.0 Å². The molecule has 6 heteroatoms. The third-order valence-electron chi connectivity index (χ3n) is 4.46. The van der Waals surface area contributed by atoms with Crippen molar-refractivity contribution in [3.8, 4) is 11.1 Å². The van der Waals surface area contributed by atoms with Gasteiger partial charge in [-0.3, -0.25) is 4.79 Å². The maximum absolute atomic E-state index is 13.2. The molecule has 0 radical (unpaired) electrons. The Morgan fingerprint density at radius 2 is 1.69 bits per heavy atom. The molecule has 2 aliphatic carbocycles. The monoisotopic (exact) mass is 350 g/mol. The number of anilines is 1. The highest BCUT2D eigenvalue weighted by molar-refractivity contribution is 6.18. The number of ether oxygens (including phenoxy) is 1. The number of carbonyl (C=O) groups excluding carboxylic acids is 2. The Bertz CT molecular complexity index is 985. The van der Waals surface area contributed by atoms with Crippen molar-refractivity contribution in [3.05, 3.63) is 77.1 Å². The van der Waals surface area contributed by atoms with Gasteiger partial charge in [0.1, 0.15) is 12.0 Å². The number of fused-ring (bicyclic) bond motifs is 3. The predicted octanol–water partition coefficient (Wildman–Crippen LogP) is 3.57. The molecule has 0 spiro atoms. The second-order valence-electron chi connectivity index (χ2n) is 5.96. The zero-order chi connectivity index (χ0) is 18.3. The van der Waals surface area contributed by atoms with E-state index in [1.54, 1.807) is 30.3 Å². The molecular weight excluding hydrogens is 335 g/mol. The minimum atomic E-state index is -0.579. The zero-order valence-corrected chi connectivity index (χ0v) is 13.9. The largest absolute Gasteiger partial charge is 0.465 e. The number of rotatable bonds is 2. The Kier molecular flexibility index (Phi) is 3.80. The number of methoxy groups -OCH3 is 1. The van der Waals surface area contributed by atoms with E-state index >= 15 is 0 Å². The van der Waals surface area contributed by atoms with Crippen molar-refractivity contribution in [2.24, 2.45) is 0 Å². The van der Waals surface area contributed by atoms with Gasteiger partial charge in [-0.1, -0.05) is 42.5 Å². The first kappa shape index (κ1) is 16.1. The number of halogens is 1. The molecule has 26 heavy (non-hydrogen) atoms. The van der Waals surface area contributed by atoms with E-state index in [0.29, 0.717) is 33.5 Å². The molecule has 1 unspecified atom stereocenters. The molecular formula is C20H15FN2O3. The number of nitrogens with one attached hydrogen (secondary N) is 2. The summed E-state index contributed by atoms with van der Waals surface area (Å²) in [6.45, 7) is 0. The molecule has 1 aromatic rings. The third-order valence-corrected chi connectivity index (χ3v) is 4.46. The van der Waals surface area contributed by atoms with E-state index in [0.717, 1.165) is 0 Å². The van der Waals surface area contributed by atoms with Gasteiger partial charge in [0.15, 0.2) is 0 Å². The van der Waals surface area contributed by atoms with Crippen LogP contribution in [0.25, 0.3) is 11.1 Å². The second-order valence-corrected chi connectivity index (χ2v) is 5.96. The number of hydrogen-bond donors (Lipinski definition) is 2. The smallest absolute Gasteiger partial charge is 0.340 e. The quantitative estimate of drug-likeness (QED) is 0.694. The summed E-state index contributed by atoms with van der Waals surface area (Å²) in [5.74, 6) is -1.19. The van der Waals surface area contributed by atoms with Crippen LogP contribution < -0.4 is 10.6 Å². The molecule has 1 atom stereocenters. The summed E-state index contributed by atoms with van der Waals surface area (Å²) < 4.78 is 18.1. The lowest BCUT2D eigenvalue weighted by Gasteiger charge is -2.27. The van der Waals surface area contributed by atoms with Crippen molar-refractivity contribution < 1.29 is 18.7 Å². The van der Waals surface area contributed by atoms with Crippen molar-refractivity contribution in [1.82, 2.24) is 5.32 Å². The van der Waals surface area contributed by atoms with E-state index in [1.807, 2.05) is 12.1 Å². The van der Waals surface area contributed by atoms with Gasteiger partial charge in [-0.15, -0.1) is 0 Å². The molecule has 1 amide bonds. The molecule has 0 fully saturated rings. The lowest BCUT2D eigenvalue weighted by molar-refractivity contribution is 0.0603. The average molecular weight is 350 g/mol. The molecule has 0 bridgehead atoms. The van der Waals surface area contributed by atoms with Crippen LogP contribution in [0.3, 0.4) is 0 Å². The summed E-state index contributed by atoms with van der Waals surface area (Å²) in [7, 11) is 1.30. The molecule has 1 heterocycles. The fourth-order valence-corrected chi connectivity index (χ4v) is 3.28. The van der Waals surface area contributed by atoms with Crippen LogP contribution in [-0.2, 0) is 4.74 Å². The van der Waals surface area contributed by atoms with E-state index in [1.165, 1.54) is 19.2 Å². The Morgan fingerprint density at radius 1 is 1.00 bits per heavy atom. The maximum atomic E-state index is 13.2. The minimum Gasteiger partial charge on any atom is -0.465 e. The van der Waals surface area contributed by atoms with E-state index in [-0.39, 0.29) is 11.7 Å². The number of hydrogen-bond acceptors (Lipinski definition) is 4. The van der Waals surface area contributed by atoms with Gasteiger partial charge >= 0.3 is 5.97 Å². The van der Waals surface area contributed by atoms with Crippen LogP contribution in [0.2, 0.25) is 0 Å². The number of benzene rings is 1. The number of esters is 1. The summed E-state index contributed by atoms with van der Waals surface area (Å²) in [4.78, 5) is 25.2. The second kappa shape index (κ2) is 6.15. The molecule has 4 rings (SSSR count). The minimum absolute atomic E-state index is 0.306. The summed E-state index contributed by atoms with van der Waals surface area (Å²) >= 11 is 0. The summed E-state index contributed by atoms with van der Waals surface area (Å²) in [6.07, 6.45) is -0.579. The normalized spacial score (nSPS) is 15.8. The van der Waals surface area contributed by atoms with Gasteiger partial charge in [-0.2, -0.15) is 0 Å². The van der Waals surface area contributed by atoms with Gasteiger partial charge in [0.25, 0.3) is 5.91 Å². The maximum Gasteiger partial charge on any atom is 0.340 e. The summed E-state index contributed by atoms with van der Waals surface area (Å²) in [5.41, 5.74) is 3.11. The molecule has 0 saturated carbocycles. The van der Waals surface area contributed by atoms with Crippen LogP contribution in [-0.4, -0.2) is 19.0 Å². The van der Waals surface area contributed by atoms with E-state index < -0.39 is 12.1 Å². The standard InChI is InChI=1S/C20H15FN2O3/c1-26-20(25)16-14-6-4-2-3-5-13(14)15-17(16)22-18(23-19(15)24)11-7-9-12(21)10-8-11/h2-10,18,22H,1H3,(H,23,24). The Balaban J connectivity index is 1.90. The Hall–Kier alpha value is -3.41. The fraction of sp³-hybridized carbons (Fsp3) is 0.100. The lowest BCUT2D eigenvalue weighted by atomic mass is 10.1. The molecule has 1 aromatic carbocycles. The highest BCUT2D eigenvalue weighted by Gasteiger charge is 2.36. The van der Waals surface area contributed by atoms with Crippen molar-refractivity contribution >= 4 is 17.6 Å². The highest BCUT2D eigenvalue weighted by Crippen LogP contribution is 2.43. The average Bonchev–Trinajstić information content (AvgIpc) is 2.78. The van der Waals surface area contributed by atoms with Crippen LogP contribution in [0.4, 0.5) is 10.1 Å². The summed E-state index contributed by atoms with van der Waals surface area (Å²) in [6, 6.07) is 14.8. The predicted molar refractivity (Wildman–Crippen MR) is 94.6 cm³/mol. The topological polar surface area (TPSA) is 67.4 Å². The first-order valence-electron chi connectivity index (χ1n) is 8.06. The molecule has 5 nitrogen and oxygen atoms in total. The van der Waals surface area contributed by atoms with Crippen LogP contribution in [0.15, 0.2) is 54.6 Å². The van der Waals surface area contributed by atoms with Gasteiger partial charge < -0.3 is 15.4 Å². The molecule has 0 saturated heterocycles. The van der Waals surface area contributed by atoms with Crippen molar-refractivity contribution in [2.45, 2.75) is 6.17 Å². The van der Waals surface area contributed by atoms with Gasteiger partial charge in [-0.25, -0.2) is 9.18 Å². The van der Waals surface area contributed by atoms with Gasteiger partial charge in [0, 0.05) is 0 Å². The van der Waals surface area contributed by atoms with Crippen molar-refractivity contribution in [2.75, 3.05) is 12.4 Å². The van der Waals surface area contributed by atoms with Gasteiger partial charge in [0.2, 0.25) is 0 Å². The third kappa shape index (κ3) is 2.47. The SMILES string of the molecule is COC(=O)c1c2cccccc-2c2c1NC(c1ccc(F)cc1)NC2=O. The molecule has 1 aliphatic heterocycles. The van der Waals surface area contributed by atoms with Crippen molar-refractivity contribution in [3.63, 3.8) is 0 Å². The number of carbonyl (C=O) groups is 2. The lowest BCUT2D eigenvalue weighted by Crippen LogP contribution is -2.38. The first-order chi connectivity index (χ1) is 12.6. The highest BCUT2D eigenvalue weighted by atomic mass is 19.1. The molecule has 130 valence electrons. The van der Waals surface area contributed by atoms with Crippen LogP contribution in [0, 0.1) is 5.82 Å². The number of amides is 1. The van der Waals surface area contributed by atoms with Crippen molar-refractivity contribution in [1.29, 1.82) is 0 Å². The Labute approximate surface area is 149 Å². The van der Waals surface area contributed by atoms with Gasteiger partial charge in [0.05, 0.1) is 23.9 Å². The zero-order valence-electron chi connectivity index (χ0n) is 13.9. The van der Waals surface area contributed by atoms with Crippen LogP contribution in [0.5, 0.6) is 0 Å². The van der Waals surface area contributed by atoms with Crippen LogP contribution in [0.1, 0.15) is 32.4 Å². The fourth-order valence-electron chi connectivity index (χ4n) is 3.28. The summed E-state index contributed by atoms with van der Waals surface area (Å²) in [5, 5.41) is 6.05. The molecule has 2 N–H and O–H groups in total. The first-order valence-corrected chi connectivity index (χ1v) is 8.06. The van der Waals surface area contributed by atoms with Crippen LogP contribution >= 0.6 is 0 Å².